The molecule has 1 fully saturated rings. The number of H-pyrrole nitrogens is 1. The van der Waals surface area contributed by atoms with Crippen LogP contribution in [0.2, 0.25) is 0 Å². The van der Waals surface area contributed by atoms with Crippen molar-refractivity contribution in [3.63, 3.8) is 0 Å². The van der Waals surface area contributed by atoms with Gasteiger partial charge in [-0.25, -0.2) is 9.78 Å². The first-order valence-corrected chi connectivity index (χ1v) is 8.87. The lowest BCUT2D eigenvalue weighted by Gasteiger charge is -2.15. The van der Waals surface area contributed by atoms with Crippen LogP contribution >= 0.6 is 0 Å². The average Bonchev–Trinajstić information content (AvgIpc) is 3.23. The topological polar surface area (TPSA) is 100 Å². The first-order valence-electron chi connectivity index (χ1n) is 8.87. The molecule has 0 unspecified atom stereocenters. The van der Waals surface area contributed by atoms with Crippen LogP contribution in [0.15, 0.2) is 41.3 Å². The fourth-order valence-electron chi connectivity index (χ4n) is 3.34. The van der Waals surface area contributed by atoms with Crippen LogP contribution in [0.1, 0.15) is 30.1 Å². The second-order valence-electron chi connectivity index (χ2n) is 6.41. The number of anilines is 2. The summed E-state index contributed by atoms with van der Waals surface area (Å²) >= 11 is 0. The second-order valence-corrected chi connectivity index (χ2v) is 6.41. The van der Waals surface area contributed by atoms with Gasteiger partial charge in [-0.1, -0.05) is 0 Å². The molecule has 2 aromatic heterocycles. The Kier molecular flexibility index (Phi) is 4.23. The van der Waals surface area contributed by atoms with Crippen molar-refractivity contribution in [2.24, 2.45) is 0 Å². The molecule has 138 valence electrons. The van der Waals surface area contributed by atoms with Crippen LogP contribution in [0.3, 0.4) is 0 Å². The van der Waals surface area contributed by atoms with Gasteiger partial charge in [-0.05, 0) is 43.7 Å². The summed E-state index contributed by atoms with van der Waals surface area (Å²) in [6.07, 6.45) is 2.99. The molecule has 2 amide bonds. The first kappa shape index (κ1) is 17.0. The van der Waals surface area contributed by atoms with E-state index in [0.29, 0.717) is 41.9 Å². The Morgan fingerprint density at radius 1 is 1.26 bits per heavy atom. The minimum Gasteiger partial charge on any atom is -0.311 e. The fraction of sp³-hybridized carbons (Fsp3) is 0.263. The number of hydrogen-bond donors (Lipinski definition) is 2. The highest BCUT2D eigenvalue weighted by Gasteiger charge is 2.21. The summed E-state index contributed by atoms with van der Waals surface area (Å²) in [4.78, 5) is 44.9. The molecule has 0 aliphatic carbocycles. The molecule has 4 rings (SSSR count). The highest BCUT2D eigenvalue weighted by molar-refractivity contribution is 6.05. The highest BCUT2D eigenvalue weighted by atomic mass is 16.2. The van der Waals surface area contributed by atoms with Crippen molar-refractivity contribution < 1.29 is 9.59 Å². The third kappa shape index (κ3) is 3.10. The minimum absolute atomic E-state index is 0.0929. The average molecular weight is 365 g/mol. The zero-order valence-electron chi connectivity index (χ0n) is 14.9. The fourth-order valence-corrected chi connectivity index (χ4v) is 3.34. The van der Waals surface area contributed by atoms with Gasteiger partial charge in [0.15, 0.2) is 0 Å². The Morgan fingerprint density at radius 3 is 2.78 bits per heavy atom. The molecule has 0 spiro atoms. The van der Waals surface area contributed by atoms with E-state index in [1.54, 1.807) is 46.0 Å². The second kappa shape index (κ2) is 6.71. The van der Waals surface area contributed by atoms with Gasteiger partial charge in [0.25, 0.3) is 5.91 Å². The monoisotopic (exact) mass is 365 g/mol. The van der Waals surface area contributed by atoms with Gasteiger partial charge in [-0.15, -0.1) is 0 Å². The van der Waals surface area contributed by atoms with Crippen LogP contribution in [-0.2, 0) is 11.3 Å². The van der Waals surface area contributed by atoms with Crippen molar-refractivity contribution in [2.45, 2.75) is 26.3 Å². The lowest BCUT2D eigenvalue weighted by Crippen LogP contribution is -2.23. The van der Waals surface area contributed by atoms with E-state index in [2.05, 4.69) is 15.3 Å². The largest absolute Gasteiger partial charge is 0.326 e. The maximum Gasteiger partial charge on any atom is 0.326 e. The number of nitrogens with one attached hydrogen (secondary N) is 2. The Hall–Kier alpha value is -3.42. The van der Waals surface area contributed by atoms with E-state index >= 15 is 0 Å². The summed E-state index contributed by atoms with van der Waals surface area (Å²) in [5.74, 6) is 0.179. The van der Waals surface area contributed by atoms with E-state index < -0.39 is 0 Å². The number of rotatable bonds is 4. The molecule has 1 aliphatic rings. The number of imidazole rings is 1. The third-order valence-electron chi connectivity index (χ3n) is 4.73. The highest BCUT2D eigenvalue weighted by Crippen LogP contribution is 2.21. The maximum atomic E-state index is 12.5. The van der Waals surface area contributed by atoms with Crippen LogP contribution in [0.5, 0.6) is 0 Å². The predicted octanol–water partition coefficient (Wildman–Crippen LogP) is 2.12. The molecule has 8 nitrogen and oxygen atoms in total. The number of benzene rings is 1. The van der Waals surface area contributed by atoms with E-state index in [9.17, 15) is 14.4 Å². The molecule has 0 radical (unpaired) electrons. The molecular weight excluding hydrogens is 346 g/mol. The zero-order valence-corrected chi connectivity index (χ0v) is 14.9. The molecule has 0 saturated carbocycles. The summed E-state index contributed by atoms with van der Waals surface area (Å²) in [6, 6.07) is 8.51. The number of carbonyl (C=O) groups is 2. The lowest BCUT2D eigenvalue weighted by molar-refractivity contribution is -0.117. The maximum absolute atomic E-state index is 12.5. The Bertz CT molecular complexity index is 1080. The number of pyridine rings is 1. The molecule has 0 atom stereocenters. The van der Waals surface area contributed by atoms with Gasteiger partial charge < -0.3 is 15.2 Å². The van der Waals surface area contributed by atoms with E-state index in [1.165, 1.54) is 0 Å². The molecule has 1 aliphatic heterocycles. The van der Waals surface area contributed by atoms with E-state index in [-0.39, 0.29) is 17.5 Å². The van der Waals surface area contributed by atoms with Crippen LogP contribution in [0, 0.1) is 0 Å². The third-order valence-corrected chi connectivity index (χ3v) is 4.73. The summed E-state index contributed by atoms with van der Waals surface area (Å²) in [5.41, 5.74) is 2.35. The summed E-state index contributed by atoms with van der Waals surface area (Å²) in [6.45, 7) is 3.09. The number of amides is 2. The lowest BCUT2D eigenvalue weighted by atomic mass is 10.2. The molecule has 27 heavy (non-hydrogen) atoms. The van der Waals surface area contributed by atoms with Crippen LogP contribution in [-0.4, -0.2) is 32.9 Å². The smallest absolute Gasteiger partial charge is 0.311 e. The number of carbonyl (C=O) groups excluding carboxylic acids is 2. The van der Waals surface area contributed by atoms with E-state index in [4.69, 9.17) is 0 Å². The van der Waals surface area contributed by atoms with Crippen molar-refractivity contribution in [2.75, 3.05) is 16.8 Å². The number of hydrogen-bond acceptors (Lipinski definition) is 4. The molecule has 1 saturated heterocycles. The first-order chi connectivity index (χ1) is 13.1. The van der Waals surface area contributed by atoms with Gasteiger partial charge in [-0.3, -0.25) is 14.2 Å². The molecular formula is C19H19N5O3. The van der Waals surface area contributed by atoms with Gasteiger partial charge in [0.1, 0.15) is 5.82 Å². The van der Waals surface area contributed by atoms with Gasteiger partial charge in [0, 0.05) is 25.1 Å². The van der Waals surface area contributed by atoms with E-state index in [0.717, 1.165) is 12.1 Å². The standard InChI is InChI=1S/C19H19N5O3/c1-2-23-15-10-12(5-7-14(15)21-19(23)27)18(26)22-16-8-6-13(11-20-16)24-9-3-4-17(24)25/h5-8,10-11H,2-4,9H2,1H3,(H,21,27)(H,20,22,26). The number of aryl methyl sites for hydroxylation is 1. The Morgan fingerprint density at radius 2 is 2.11 bits per heavy atom. The van der Waals surface area contributed by atoms with E-state index in [1.807, 2.05) is 6.92 Å². The molecule has 3 aromatic rings. The number of aromatic amines is 1. The van der Waals surface area contributed by atoms with Crippen LogP contribution < -0.4 is 15.9 Å². The Labute approximate surface area is 154 Å². The Balaban J connectivity index is 1.54. The van der Waals surface area contributed by atoms with Gasteiger partial charge >= 0.3 is 5.69 Å². The van der Waals surface area contributed by atoms with Gasteiger partial charge in [0.05, 0.1) is 22.9 Å². The number of nitrogens with zero attached hydrogens (tertiary/aromatic N) is 3. The van der Waals surface area contributed by atoms with Crippen molar-refractivity contribution in [1.82, 2.24) is 14.5 Å². The van der Waals surface area contributed by atoms with Crippen LogP contribution in [0.4, 0.5) is 11.5 Å². The van der Waals surface area contributed by atoms with Crippen molar-refractivity contribution in [3.8, 4) is 0 Å². The summed E-state index contributed by atoms with van der Waals surface area (Å²) in [5, 5.41) is 2.75. The van der Waals surface area contributed by atoms with Gasteiger partial charge in [-0.2, -0.15) is 0 Å². The van der Waals surface area contributed by atoms with Crippen molar-refractivity contribution >= 4 is 34.4 Å². The zero-order chi connectivity index (χ0) is 19.0. The minimum atomic E-state index is -0.314. The van der Waals surface area contributed by atoms with Gasteiger partial charge in [0.2, 0.25) is 5.91 Å². The summed E-state index contributed by atoms with van der Waals surface area (Å²) in [7, 11) is 0. The summed E-state index contributed by atoms with van der Waals surface area (Å²) < 4.78 is 1.58. The molecule has 8 heteroatoms. The quantitative estimate of drug-likeness (QED) is 0.740. The SMILES string of the molecule is CCn1c(=O)[nH]c2ccc(C(=O)Nc3ccc(N4CCCC4=O)cn3)cc21. The normalized spacial score (nSPS) is 14.1. The molecule has 0 bridgehead atoms. The molecule has 1 aromatic carbocycles. The number of fused-ring (bicyclic) bond motifs is 1. The number of aromatic nitrogens is 3. The molecule has 2 N–H and O–H groups in total. The van der Waals surface area contributed by atoms with Crippen molar-refractivity contribution in [3.05, 3.63) is 52.6 Å². The van der Waals surface area contributed by atoms with Crippen LogP contribution in [0.25, 0.3) is 11.0 Å². The molecule has 3 heterocycles. The predicted molar refractivity (Wildman–Crippen MR) is 102 cm³/mol. The van der Waals surface area contributed by atoms with Crippen molar-refractivity contribution in [1.29, 1.82) is 0 Å².